The van der Waals surface area contributed by atoms with Gasteiger partial charge in [-0.1, -0.05) is 0 Å². The van der Waals surface area contributed by atoms with Gasteiger partial charge in [-0.25, -0.2) is 4.79 Å². The summed E-state index contributed by atoms with van der Waals surface area (Å²) in [6.45, 7) is 0. The van der Waals surface area contributed by atoms with Gasteiger partial charge in [0, 0.05) is 5.69 Å². The molecule has 6 nitrogen and oxygen atoms in total. The number of hydrogen-bond donors (Lipinski definition) is 4. The number of anilines is 1. The van der Waals surface area contributed by atoms with Gasteiger partial charge < -0.3 is 21.6 Å². The molecule has 6 heteroatoms. The molecule has 0 radical (unpaired) electrons. The molecule has 0 atom stereocenters. The topological polar surface area (TPSA) is 131 Å². The molecule has 1 aromatic carbocycles. The van der Waals surface area contributed by atoms with E-state index in [1.165, 1.54) is 12.1 Å². The second-order valence-electron chi connectivity index (χ2n) is 2.42. The summed E-state index contributed by atoms with van der Waals surface area (Å²) in [6, 6.07) is 5.97. The van der Waals surface area contributed by atoms with Gasteiger partial charge in [-0.15, -0.1) is 0 Å². The molecule has 7 N–H and O–H groups in total. The number of aromatic carboxylic acids is 1. The van der Waals surface area contributed by atoms with Crippen LogP contribution in [-0.4, -0.2) is 22.5 Å². The fourth-order valence-electron chi connectivity index (χ4n) is 0.852. The molecule has 0 saturated carbocycles. The third kappa shape index (κ3) is 3.11. The highest BCUT2D eigenvalue weighted by atomic mass is 16.4. The first kappa shape index (κ1) is 11.9. The first-order valence-electron chi connectivity index (χ1n) is 3.54. The van der Waals surface area contributed by atoms with Crippen LogP contribution < -0.4 is 11.1 Å². The summed E-state index contributed by atoms with van der Waals surface area (Å²) in [7, 11) is 0. The van der Waals surface area contributed by atoms with Crippen LogP contribution in [0, 0.1) is 5.41 Å². The maximum atomic E-state index is 10.4. The third-order valence-electron chi connectivity index (χ3n) is 1.41. The number of nitrogens with two attached hydrogens (primary N) is 1. The smallest absolute Gasteiger partial charge is 0.335 e. The Hall–Kier alpha value is -2.08. The Balaban J connectivity index is 0.00000169. The van der Waals surface area contributed by atoms with Crippen molar-refractivity contribution in [3.63, 3.8) is 0 Å². The molecule has 0 heterocycles. The SMILES string of the molecule is N=C(N)Nc1ccc(C(=O)O)cc1.O. The highest BCUT2D eigenvalue weighted by Gasteiger charge is 2.01. The van der Waals surface area contributed by atoms with E-state index in [1.807, 2.05) is 0 Å². The summed E-state index contributed by atoms with van der Waals surface area (Å²) in [5.74, 6) is -1.16. The first-order chi connectivity index (χ1) is 6.09. The van der Waals surface area contributed by atoms with E-state index in [4.69, 9.17) is 16.2 Å². The van der Waals surface area contributed by atoms with Crippen molar-refractivity contribution in [3.8, 4) is 0 Å². The average Bonchev–Trinajstić information content (AvgIpc) is 2.04. The number of carbonyl (C=O) groups is 1. The lowest BCUT2D eigenvalue weighted by atomic mass is 10.2. The van der Waals surface area contributed by atoms with Crippen molar-refractivity contribution in [1.82, 2.24) is 0 Å². The van der Waals surface area contributed by atoms with Gasteiger partial charge in [0.05, 0.1) is 5.56 Å². The monoisotopic (exact) mass is 197 g/mol. The molecule has 0 amide bonds. The fourth-order valence-corrected chi connectivity index (χ4v) is 0.852. The standard InChI is InChI=1S/C8H9N3O2.H2O/c9-8(10)11-6-3-1-5(2-4-6)7(12)13;/h1-4H,(H,12,13)(H4,9,10,11);1H2. The van der Waals surface area contributed by atoms with Crippen molar-refractivity contribution < 1.29 is 15.4 Å². The van der Waals surface area contributed by atoms with Gasteiger partial charge in [0.15, 0.2) is 5.96 Å². The average molecular weight is 197 g/mol. The molecule has 1 aromatic rings. The minimum atomic E-state index is -0.977. The molecule has 0 aliphatic carbocycles. The van der Waals surface area contributed by atoms with Gasteiger partial charge >= 0.3 is 5.97 Å². The molecule has 0 aromatic heterocycles. The third-order valence-corrected chi connectivity index (χ3v) is 1.41. The van der Waals surface area contributed by atoms with E-state index < -0.39 is 5.97 Å². The molecule has 0 aliphatic rings. The van der Waals surface area contributed by atoms with Crippen LogP contribution in [0.2, 0.25) is 0 Å². The van der Waals surface area contributed by atoms with Gasteiger partial charge in [-0.05, 0) is 24.3 Å². The Morgan fingerprint density at radius 2 is 1.86 bits per heavy atom. The van der Waals surface area contributed by atoms with Crippen LogP contribution in [0.25, 0.3) is 0 Å². The summed E-state index contributed by atoms with van der Waals surface area (Å²) >= 11 is 0. The predicted molar refractivity (Wildman–Crippen MR) is 52.6 cm³/mol. The largest absolute Gasteiger partial charge is 0.478 e. The van der Waals surface area contributed by atoms with Crippen LogP contribution in [0.15, 0.2) is 24.3 Å². The molecule has 0 bridgehead atoms. The normalized spacial score (nSPS) is 8.57. The van der Waals surface area contributed by atoms with Gasteiger partial charge in [0.2, 0.25) is 0 Å². The Morgan fingerprint density at radius 1 is 1.36 bits per heavy atom. The van der Waals surface area contributed by atoms with Gasteiger partial charge in [-0.2, -0.15) is 0 Å². The minimum Gasteiger partial charge on any atom is -0.478 e. The van der Waals surface area contributed by atoms with Crippen LogP contribution in [0.3, 0.4) is 0 Å². The fraction of sp³-hybridized carbons (Fsp3) is 0. The molecular formula is C8H11N3O3. The number of carboxylic acid groups (broad SMARTS) is 1. The summed E-state index contributed by atoms with van der Waals surface area (Å²) in [5, 5.41) is 18.0. The molecule has 1 rings (SSSR count). The van der Waals surface area contributed by atoms with E-state index in [0.717, 1.165) is 0 Å². The highest BCUT2D eigenvalue weighted by Crippen LogP contribution is 2.08. The van der Waals surface area contributed by atoms with Gasteiger partial charge in [-0.3, -0.25) is 5.41 Å². The lowest BCUT2D eigenvalue weighted by Crippen LogP contribution is -2.20. The van der Waals surface area contributed by atoms with Crippen LogP contribution >= 0.6 is 0 Å². The quantitative estimate of drug-likeness (QED) is 0.388. The van der Waals surface area contributed by atoms with E-state index >= 15 is 0 Å². The highest BCUT2D eigenvalue weighted by molar-refractivity contribution is 5.91. The first-order valence-corrected chi connectivity index (χ1v) is 3.54. The van der Waals surface area contributed by atoms with Crippen LogP contribution in [0.5, 0.6) is 0 Å². The number of benzene rings is 1. The summed E-state index contributed by atoms with van der Waals surface area (Å²) < 4.78 is 0. The van der Waals surface area contributed by atoms with E-state index in [1.54, 1.807) is 12.1 Å². The van der Waals surface area contributed by atoms with E-state index in [2.05, 4.69) is 5.32 Å². The zero-order valence-corrected chi connectivity index (χ0v) is 7.24. The van der Waals surface area contributed by atoms with Crippen molar-refractivity contribution in [2.24, 2.45) is 5.73 Å². The van der Waals surface area contributed by atoms with E-state index in [-0.39, 0.29) is 17.0 Å². The van der Waals surface area contributed by atoms with Crippen LogP contribution in [0.1, 0.15) is 10.4 Å². The van der Waals surface area contributed by atoms with Crippen LogP contribution in [0.4, 0.5) is 5.69 Å². The Bertz CT molecular complexity index is 334. The van der Waals surface area contributed by atoms with Crippen molar-refractivity contribution in [2.45, 2.75) is 0 Å². The Morgan fingerprint density at radius 3 is 2.21 bits per heavy atom. The maximum absolute atomic E-state index is 10.4. The van der Waals surface area contributed by atoms with Crippen molar-refractivity contribution in [2.75, 3.05) is 5.32 Å². The number of rotatable bonds is 2. The molecule has 0 aliphatic heterocycles. The Labute approximate surface area is 80.2 Å². The van der Waals surface area contributed by atoms with Crippen molar-refractivity contribution >= 4 is 17.6 Å². The molecular weight excluding hydrogens is 186 g/mol. The van der Waals surface area contributed by atoms with Crippen LogP contribution in [-0.2, 0) is 0 Å². The molecule has 0 unspecified atom stereocenters. The molecule has 0 spiro atoms. The van der Waals surface area contributed by atoms with Gasteiger partial charge in [0.25, 0.3) is 0 Å². The zero-order valence-electron chi connectivity index (χ0n) is 7.24. The predicted octanol–water partition coefficient (Wildman–Crippen LogP) is -0.135. The second-order valence-corrected chi connectivity index (χ2v) is 2.42. The lowest BCUT2D eigenvalue weighted by Gasteiger charge is -2.02. The number of guanidine groups is 1. The Kier molecular flexibility index (Phi) is 4.11. The van der Waals surface area contributed by atoms with Crippen molar-refractivity contribution in [3.05, 3.63) is 29.8 Å². The maximum Gasteiger partial charge on any atom is 0.335 e. The summed E-state index contributed by atoms with van der Waals surface area (Å²) in [6.07, 6.45) is 0. The molecule has 0 saturated heterocycles. The number of nitrogens with one attached hydrogen (secondary N) is 2. The second kappa shape index (κ2) is 4.83. The molecule has 76 valence electrons. The van der Waals surface area contributed by atoms with Gasteiger partial charge in [0.1, 0.15) is 0 Å². The van der Waals surface area contributed by atoms with E-state index in [9.17, 15) is 4.79 Å². The van der Waals surface area contributed by atoms with Crippen molar-refractivity contribution in [1.29, 1.82) is 5.41 Å². The summed E-state index contributed by atoms with van der Waals surface area (Å²) in [4.78, 5) is 10.4. The number of hydrogen-bond acceptors (Lipinski definition) is 2. The molecule has 0 fully saturated rings. The van der Waals surface area contributed by atoms with E-state index in [0.29, 0.717) is 5.69 Å². The zero-order chi connectivity index (χ0) is 9.84. The minimum absolute atomic E-state index is 0. The molecule has 14 heavy (non-hydrogen) atoms. The lowest BCUT2D eigenvalue weighted by molar-refractivity contribution is 0.0697. The summed E-state index contributed by atoms with van der Waals surface area (Å²) in [5.41, 5.74) is 5.88. The number of carboxylic acids is 1.